The van der Waals surface area contributed by atoms with Crippen molar-refractivity contribution in [3.05, 3.63) is 69.8 Å². The second-order valence-corrected chi connectivity index (χ2v) is 9.60. The summed E-state index contributed by atoms with van der Waals surface area (Å²) >= 11 is 7.73. The first kappa shape index (κ1) is 20.8. The van der Waals surface area contributed by atoms with Gasteiger partial charge in [0.15, 0.2) is 0 Å². The summed E-state index contributed by atoms with van der Waals surface area (Å²) < 4.78 is 13.4. The molecule has 31 heavy (non-hydrogen) atoms. The van der Waals surface area contributed by atoms with Crippen molar-refractivity contribution in [2.45, 2.75) is 24.5 Å². The van der Waals surface area contributed by atoms with Crippen LogP contribution in [0.3, 0.4) is 0 Å². The molecular weight excluding hydrogens is 435 g/mol. The van der Waals surface area contributed by atoms with Crippen molar-refractivity contribution in [2.24, 2.45) is 0 Å². The topological polar surface area (TPSA) is 47.6 Å². The van der Waals surface area contributed by atoms with Gasteiger partial charge in [0.2, 0.25) is 5.91 Å². The molecule has 2 aromatic carbocycles. The Morgan fingerprint density at radius 3 is 2.58 bits per heavy atom. The molecule has 0 aromatic heterocycles. The first-order chi connectivity index (χ1) is 15.0. The van der Waals surface area contributed by atoms with E-state index in [-0.39, 0.29) is 29.3 Å². The molecule has 8 heteroatoms. The Balaban J connectivity index is 1.28. The SMILES string of the molecule is Cc1ccc(Cl)cc1N1CCN(C2NC(=O)C3SC=C(c4ccc(F)cc4)C3N2)CC1. The number of carbonyl (C=O) groups is 1. The number of nitrogens with zero attached hydrogens (tertiary/aromatic N) is 2. The van der Waals surface area contributed by atoms with E-state index >= 15 is 0 Å². The number of benzene rings is 2. The summed E-state index contributed by atoms with van der Waals surface area (Å²) in [6.07, 6.45) is -0.223. The Morgan fingerprint density at radius 2 is 1.84 bits per heavy atom. The first-order valence-corrected chi connectivity index (χ1v) is 11.7. The van der Waals surface area contributed by atoms with E-state index in [1.165, 1.54) is 35.1 Å². The highest BCUT2D eigenvalue weighted by Crippen LogP contribution is 2.38. The Labute approximate surface area is 190 Å². The molecule has 0 aliphatic carbocycles. The Kier molecular flexibility index (Phi) is 5.69. The van der Waals surface area contributed by atoms with Crippen molar-refractivity contribution in [3.63, 3.8) is 0 Å². The highest BCUT2D eigenvalue weighted by molar-refractivity contribution is 8.04. The van der Waals surface area contributed by atoms with Gasteiger partial charge in [-0.2, -0.15) is 0 Å². The van der Waals surface area contributed by atoms with Crippen molar-refractivity contribution in [1.82, 2.24) is 15.5 Å². The van der Waals surface area contributed by atoms with E-state index in [0.717, 1.165) is 42.3 Å². The summed E-state index contributed by atoms with van der Waals surface area (Å²) in [5.41, 5.74) is 4.37. The number of nitrogens with one attached hydrogen (secondary N) is 2. The van der Waals surface area contributed by atoms with E-state index in [4.69, 9.17) is 11.6 Å². The first-order valence-electron chi connectivity index (χ1n) is 10.4. The smallest absolute Gasteiger partial charge is 0.237 e. The van der Waals surface area contributed by atoms with Gasteiger partial charge in [-0.05, 0) is 53.3 Å². The predicted octanol–water partition coefficient (Wildman–Crippen LogP) is 3.44. The Bertz CT molecular complexity index is 1020. The van der Waals surface area contributed by atoms with Gasteiger partial charge in [-0.3, -0.25) is 15.0 Å². The summed E-state index contributed by atoms with van der Waals surface area (Å²) in [4.78, 5) is 17.4. The van der Waals surface area contributed by atoms with Gasteiger partial charge in [0.1, 0.15) is 17.4 Å². The molecule has 162 valence electrons. The van der Waals surface area contributed by atoms with E-state index in [9.17, 15) is 9.18 Å². The van der Waals surface area contributed by atoms with Crippen molar-refractivity contribution >= 4 is 40.5 Å². The summed E-state index contributed by atoms with van der Waals surface area (Å²) in [7, 11) is 0. The van der Waals surface area contributed by atoms with Crippen LogP contribution in [0, 0.1) is 12.7 Å². The van der Waals surface area contributed by atoms with E-state index < -0.39 is 0 Å². The fourth-order valence-electron chi connectivity index (χ4n) is 4.51. The van der Waals surface area contributed by atoms with E-state index in [0.29, 0.717) is 0 Å². The number of rotatable bonds is 3. The second kappa shape index (κ2) is 8.47. The molecule has 2 fully saturated rings. The van der Waals surface area contributed by atoms with Gasteiger partial charge in [-0.1, -0.05) is 29.8 Å². The number of hydrogen-bond acceptors (Lipinski definition) is 5. The minimum Gasteiger partial charge on any atom is -0.369 e. The maximum absolute atomic E-state index is 13.4. The third-order valence-electron chi connectivity index (χ3n) is 6.22. The zero-order chi connectivity index (χ0) is 21.5. The third-order valence-corrected chi connectivity index (χ3v) is 7.63. The summed E-state index contributed by atoms with van der Waals surface area (Å²) in [6, 6.07) is 12.4. The molecule has 3 unspecified atom stereocenters. The largest absolute Gasteiger partial charge is 0.369 e. The minimum absolute atomic E-state index is 0.0419. The lowest BCUT2D eigenvalue weighted by atomic mass is 9.96. The molecule has 0 saturated carbocycles. The number of carbonyl (C=O) groups excluding carboxylic acids is 1. The standard InChI is InChI=1S/C23H24ClFN4OS/c1-14-2-5-16(24)12-19(14)28-8-10-29(11-9-28)23-26-20-18(13-31-21(20)22(30)27-23)15-3-6-17(25)7-4-15/h2-7,12-13,20-21,23,26H,8-11H2,1H3,(H,27,30). The molecule has 2 aromatic rings. The lowest BCUT2D eigenvalue weighted by Crippen LogP contribution is -2.69. The maximum atomic E-state index is 13.4. The third kappa shape index (κ3) is 4.07. The molecule has 1 amide bonds. The van der Waals surface area contributed by atoms with Gasteiger partial charge in [-0.25, -0.2) is 4.39 Å². The van der Waals surface area contributed by atoms with Crippen LogP contribution in [0.15, 0.2) is 47.9 Å². The fraction of sp³-hybridized carbons (Fsp3) is 0.348. The van der Waals surface area contributed by atoms with Crippen molar-refractivity contribution in [2.75, 3.05) is 31.1 Å². The molecule has 2 N–H and O–H groups in total. The number of amides is 1. The summed E-state index contributed by atoms with van der Waals surface area (Å²) in [5.74, 6) is -0.216. The second-order valence-electron chi connectivity index (χ2n) is 8.15. The highest BCUT2D eigenvalue weighted by Gasteiger charge is 2.43. The highest BCUT2D eigenvalue weighted by atomic mass is 35.5. The molecule has 3 aliphatic rings. The average molecular weight is 459 g/mol. The molecule has 5 nitrogen and oxygen atoms in total. The Morgan fingerprint density at radius 1 is 1.10 bits per heavy atom. The molecule has 3 atom stereocenters. The molecular formula is C23H24ClFN4OS. The predicted molar refractivity (Wildman–Crippen MR) is 125 cm³/mol. The van der Waals surface area contributed by atoms with Crippen molar-refractivity contribution < 1.29 is 9.18 Å². The number of hydrogen-bond donors (Lipinski definition) is 2. The molecule has 5 rings (SSSR count). The number of thioether (sulfide) groups is 1. The van der Waals surface area contributed by atoms with Crippen LogP contribution >= 0.6 is 23.4 Å². The number of anilines is 1. The molecule has 0 radical (unpaired) electrons. The van der Waals surface area contributed by atoms with E-state index in [1.54, 1.807) is 12.1 Å². The lowest BCUT2D eigenvalue weighted by Gasteiger charge is -2.44. The normalized spacial score (nSPS) is 26.4. The average Bonchev–Trinajstić information content (AvgIpc) is 3.21. The van der Waals surface area contributed by atoms with Gasteiger partial charge in [0, 0.05) is 36.9 Å². The fourth-order valence-corrected chi connectivity index (χ4v) is 5.83. The van der Waals surface area contributed by atoms with Crippen LogP contribution < -0.4 is 15.5 Å². The van der Waals surface area contributed by atoms with Crippen LogP contribution in [-0.2, 0) is 4.79 Å². The van der Waals surface area contributed by atoms with Gasteiger partial charge in [0.05, 0.1) is 6.04 Å². The monoisotopic (exact) mass is 458 g/mol. The summed E-state index contributed by atoms with van der Waals surface area (Å²) in [6.45, 7) is 5.47. The lowest BCUT2D eigenvalue weighted by molar-refractivity contribution is -0.125. The van der Waals surface area contributed by atoms with Crippen LogP contribution in [-0.4, -0.2) is 54.6 Å². The van der Waals surface area contributed by atoms with Crippen LogP contribution in [0.2, 0.25) is 5.02 Å². The van der Waals surface area contributed by atoms with E-state index in [1.807, 2.05) is 23.6 Å². The Hall–Kier alpha value is -2.06. The molecule has 2 saturated heterocycles. The van der Waals surface area contributed by atoms with Gasteiger partial charge < -0.3 is 10.2 Å². The number of fused-ring (bicyclic) bond motifs is 1. The quantitative estimate of drug-likeness (QED) is 0.738. The molecule has 3 heterocycles. The van der Waals surface area contributed by atoms with Gasteiger partial charge in [0.25, 0.3) is 0 Å². The van der Waals surface area contributed by atoms with Gasteiger partial charge >= 0.3 is 0 Å². The van der Waals surface area contributed by atoms with Crippen LogP contribution in [0.1, 0.15) is 11.1 Å². The molecule has 3 aliphatic heterocycles. The maximum Gasteiger partial charge on any atom is 0.237 e. The van der Waals surface area contributed by atoms with Crippen LogP contribution in [0.5, 0.6) is 0 Å². The number of piperazine rings is 1. The number of halogens is 2. The van der Waals surface area contributed by atoms with Crippen LogP contribution in [0.25, 0.3) is 5.57 Å². The van der Waals surface area contributed by atoms with Crippen molar-refractivity contribution in [1.29, 1.82) is 0 Å². The molecule has 0 bridgehead atoms. The van der Waals surface area contributed by atoms with Gasteiger partial charge in [-0.15, -0.1) is 11.8 Å². The van der Waals surface area contributed by atoms with Crippen molar-refractivity contribution in [3.8, 4) is 0 Å². The summed E-state index contributed by atoms with van der Waals surface area (Å²) in [5, 5.41) is 9.33. The minimum atomic E-state index is -0.258. The van der Waals surface area contributed by atoms with Crippen LogP contribution in [0.4, 0.5) is 10.1 Å². The van der Waals surface area contributed by atoms with E-state index in [2.05, 4.69) is 27.4 Å². The zero-order valence-corrected chi connectivity index (χ0v) is 18.7. The number of aryl methyl sites for hydroxylation is 1. The molecule has 0 spiro atoms. The zero-order valence-electron chi connectivity index (χ0n) is 17.1.